The molecule has 0 spiro atoms. The summed E-state index contributed by atoms with van der Waals surface area (Å²) in [5, 5.41) is 13.3. The second kappa shape index (κ2) is 4.97. The van der Waals surface area contributed by atoms with Gasteiger partial charge in [-0.05, 0) is 45.3 Å². The average Bonchev–Trinajstić information content (AvgIpc) is 2.83. The van der Waals surface area contributed by atoms with E-state index in [0.29, 0.717) is 6.04 Å². The van der Waals surface area contributed by atoms with Crippen LogP contribution in [0.5, 0.6) is 0 Å². The van der Waals surface area contributed by atoms with E-state index in [9.17, 15) is 0 Å². The second-order valence-corrected chi connectivity index (χ2v) is 4.73. The fourth-order valence-electron chi connectivity index (χ4n) is 2.45. The van der Waals surface area contributed by atoms with E-state index in [4.69, 9.17) is 5.11 Å². The summed E-state index contributed by atoms with van der Waals surface area (Å²) >= 11 is 0. The molecule has 1 unspecified atom stereocenters. The Balaban J connectivity index is 2.07. The van der Waals surface area contributed by atoms with Gasteiger partial charge in [-0.2, -0.15) is 5.10 Å². The fourth-order valence-corrected chi connectivity index (χ4v) is 2.45. The highest BCUT2D eigenvalue weighted by atomic mass is 16.2. The highest BCUT2D eigenvalue weighted by Gasteiger charge is 2.23. The standard InChI is InChI=1S/C12H21N3O/c1-10-11(4-3-7-16)8-13-15(10)12-5-6-14(2)9-12/h8,12,16H,3-7,9H2,1-2H3. The molecule has 1 N–H and O–H groups in total. The molecule has 1 aromatic heterocycles. The quantitative estimate of drug-likeness (QED) is 0.827. The van der Waals surface area contributed by atoms with E-state index in [0.717, 1.165) is 25.9 Å². The molecule has 0 aromatic carbocycles. The maximum absolute atomic E-state index is 8.84. The smallest absolute Gasteiger partial charge is 0.0661 e. The Hall–Kier alpha value is -0.870. The lowest BCUT2D eigenvalue weighted by atomic mass is 10.1. The summed E-state index contributed by atoms with van der Waals surface area (Å²) in [7, 11) is 2.16. The Kier molecular flexibility index (Phi) is 3.61. The summed E-state index contributed by atoms with van der Waals surface area (Å²) in [5.41, 5.74) is 2.55. The van der Waals surface area contributed by atoms with Gasteiger partial charge in [-0.15, -0.1) is 0 Å². The fraction of sp³-hybridized carbons (Fsp3) is 0.750. The summed E-state index contributed by atoms with van der Waals surface area (Å²) in [5.74, 6) is 0. The minimum atomic E-state index is 0.261. The van der Waals surface area contributed by atoms with Crippen molar-refractivity contribution in [1.29, 1.82) is 0 Å². The van der Waals surface area contributed by atoms with Crippen LogP contribution < -0.4 is 0 Å². The highest BCUT2D eigenvalue weighted by Crippen LogP contribution is 2.22. The molecule has 0 radical (unpaired) electrons. The number of aryl methyl sites for hydroxylation is 1. The lowest BCUT2D eigenvalue weighted by Crippen LogP contribution is -2.18. The first-order chi connectivity index (χ1) is 7.72. The average molecular weight is 223 g/mol. The van der Waals surface area contributed by atoms with Gasteiger partial charge in [-0.3, -0.25) is 4.68 Å². The molecular formula is C12H21N3O. The maximum Gasteiger partial charge on any atom is 0.0661 e. The molecule has 90 valence electrons. The molecule has 2 heterocycles. The number of nitrogens with zero attached hydrogens (tertiary/aromatic N) is 3. The van der Waals surface area contributed by atoms with Crippen molar-refractivity contribution in [3.8, 4) is 0 Å². The first-order valence-corrected chi connectivity index (χ1v) is 6.04. The predicted octanol–water partition coefficient (Wildman–Crippen LogP) is 0.993. The van der Waals surface area contributed by atoms with E-state index in [-0.39, 0.29) is 6.61 Å². The van der Waals surface area contributed by atoms with E-state index in [1.807, 2.05) is 6.20 Å². The number of likely N-dealkylation sites (tertiary alicyclic amines) is 1. The Morgan fingerprint density at radius 1 is 1.56 bits per heavy atom. The molecule has 0 amide bonds. The van der Waals surface area contributed by atoms with Gasteiger partial charge in [0.2, 0.25) is 0 Å². The van der Waals surface area contributed by atoms with E-state index in [2.05, 4.69) is 28.7 Å². The summed E-state index contributed by atoms with van der Waals surface area (Å²) in [4.78, 5) is 2.35. The number of aliphatic hydroxyl groups is 1. The zero-order chi connectivity index (χ0) is 11.5. The molecule has 1 aromatic rings. The number of aromatic nitrogens is 2. The first-order valence-electron chi connectivity index (χ1n) is 6.04. The Labute approximate surface area is 96.9 Å². The van der Waals surface area contributed by atoms with Crippen LogP contribution in [-0.4, -0.2) is 46.5 Å². The summed E-state index contributed by atoms with van der Waals surface area (Å²) < 4.78 is 2.16. The zero-order valence-corrected chi connectivity index (χ0v) is 10.2. The molecule has 0 saturated carbocycles. The third-order valence-corrected chi connectivity index (χ3v) is 3.46. The zero-order valence-electron chi connectivity index (χ0n) is 10.2. The molecule has 4 nitrogen and oxygen atoms in total. The van der Waals surface area contributed by atoms with E-state index in [1.54, 1.807) is 0 Å². The monoisotopic (exact) mass is 223 g/mol. The van der Waals surface area contributed by atoms with Crippen LogP contribution in [0.2, 0.25) is 0 Å². The van der Waals surface area contributed by atoms with Crippen molar-refractivity contribution in [2.75, 3.05) is 26.7 Å². The van der Waals surface area contributed by atoms with Crippen LogP contribution in [0.25, 0.3) is 0 Å². The lowest BCUT2D eigenvalue weighted by molar-refractivity contribution is 0.288. The van der Waals surface area contributed by atoms with Crippen molar-refractivity contribution in [2.24, 2.45) is 0 Å². The van der Waals surface area contributed by atoms with Gasteiger partial charge in [0, 0.05) is 18.8 Å². The Morgan fingerprint density at radius 3 is 3.00 bits per heavy atom. The molecular weight excluding hydrogens is 202 g/mol. The van der Waals surface area contributed by atoms with Crippen LogP contribution >= 0.6 is 0 Å². The van der Waals surface area contributed by atoms with Crippen LogP contribution in [0, 0.1) is 6.92 Å². The number of hydrogen-bond acceptors (Lipinski definition) is 3. The van der Waals surface area contributed by atoms with Gasteiger partial charge in [0.05, 0.1) is 12.2 Å². The number of likely N-dealkylation sites (N-methyl/N-ethyl adjacent to an activating group) is 1. The summed E-state index contributed by atoms with van der Waals surface area (Å²) in [6.45, 7) is 4.66. The third-order valence-electron chi connectivity index (χ3n) is 3.46. The predicted molar refractivity (Wildman–Crippen MR) is 63.5 cm³/mol. The Morgan fingerprint density at radius 2 is 2.38 bits per heavy atom. The summed E-state index contributed by atoms with van der Waals surface area (Å²) in [6, 6.07) is 0.535. The van der Waals surface area contributed by atoms with Crippen LogP contribution in [0.15, 0.2) is 6.20 Å². The van der Waals surface area contributed by atoms with Crippen molar-refractivity contribution in [1.82, 2.24) is 14.7 Å². The molecule has 1 saturated heterocycles. The van der Waals surface area contributed by atoms with Gasteiger partial charge in [0.1, 0.15) is 0 Å². The highest BCUT2D eigenvalue weighted by molar-refractivity contribution is 5.17. The van der Waals surface area contributed by atoms with Gasteiger partial charge < -0.3 is 10.0 Å². The molecule has 1 fully saturated rings. The van der Waals surface area contributed by atoms with Crippen LogP contribution in [0.4, 0.5) is 0 Å². The third kappa shape index (κ3) is 2.28. The molecule has 0 aliphatic carbocycles. The molecule has 1 aliphatic heterocycles. The number of hydrogen-bond donors (Lipinski definition) is 1. The molecule has 1 aliphatic rings. The minimum Gasteiger partial charge on any atom is -0.396 e. The minimum absolute atomic E-state index is 0.261. The normalized spacial score (nSPS) is 21.8. The molecule has 4 heteroatoms. The summed E-state index contributed by atoms with van der Waals surface area (Å²) in [6.07, 6.45) is 4.92. The second-order valence-electron chi connectivity index (χ2n) is 4.73. The van der Waals surface area contributed by atoms with Gasteiger partial charge in [0.25, 0.3) is 0 Å². The van der Waals surface area contributed by atoms with Gasteiger partial charge in [-0.25, -0.2) is 0 Å². The topological polar surface area (TPSA) is 41.3 Å². The van der Waals surface area contributed by atoms with Gasteiger partial charge >= 0.3 is 0 Å². The Bertz CT molecular complexity index is 348. The molecule has 16 heavy (non-hydrogen) atoms. The van der Waals surface area contributed by atoms with Crippen LogP contribution in [0.3, 0.4) is 0 Å². The number of rotatable bonds is 4. The van der Waals surface area contributed by atoms with Crippen molar-refractivity contribution in [2.45, 2.75) is 32.2 Å². The van der Waals surface area contributed by atoms with E-state index in [1.165, 1.54) is 17.7 Å². The largest absolute Gasteiger partial charge is 0.396 e. The number of aliphatic hydroxyl groups excluding tert-OH is 1. The SMILES string of the molecule is Cc1c(CCCO)cnn1C1CCN(C)C1. The van der Waals surface area contributed by atoms with E-state index >= 15 is 0 Å². The van der Waals surface area contributed by atoms with Crippen molar-refractivity contribution in [3.05, 3.63) is 17.5 Å². The maximum atomic E-state index is 8.84. The van der Waals surface area contributed by atoms with Gasteiger partial charge in [-0.1, -0.05) is 0 Å². The van der Waals surface area contributed by atoms with Crippen LogP contribution in [0.1, 0.15) is 30.1 Å². The van der Waals surface area contributed by atoms with Crippen LogP contribution in [-0.2, 0) is 6.42 Å². The molecule has 1 atom stereocenters. The molecule has 2 rings (SSSR count). The van der Waals surface area contributed by atoms with Crippen molar-refractivity contribution in [3.63, 3.8) is 0 Å². The van der Waals surface area contributed by atoms with Crippen molar-refractivity contribution >= 4 is 0 Å². The lowest BCUT2D eigenvalue weighted by Gasteiger charge is -2.13. The first kappa shape index (κ1) is 11.6. The van der Waals surface area contributed by atoms with E-state index < -0.39 is 0 Å². The molecule has 0 bridgehead atoms. The van der Waals surface area contributed by atoms with Gasteiger partial charge in [0.15, 0.2) is 0 Å². The van der Waals surface area contributed by atoms with Crippen molar-refractivity contribution < 1.29 is 5.11 Å².